The smallest absolute Gasteiger partial charge is 0.216 e. The first-order valence-electron chi connectivity index (χ1n) is 15.1. The van der Waals surface area contributed by atoms with Crippen LogP contribution in [0.2, 0.25) is 0 Å². The molecule has 0 saturated heterocycles. The number of hydrogen-bond acceptors (Lipinski definition) is 2. The van der Waals surface area contributed by atoms with Gasteiger partial charge in [0.05, 0.1) is 17.2 Å². The van der Waals surface area contributed by atoms with Crippen LogP contribution in [0.1, 0.15) is 74.0 Å². The zero-order valence-corrected chi connectivity index (χ0v) is 23.6. The number of aromatic nitrogens is 1. The topological polar surface area (TPSA) is 40.8 Å². The summed E-state index contributed by atoms with van der Waals surface area (Å²) in [5.74, 6) is 2.28. The van der Waals surface area contributed by atoms with E-state index >= 15 is 0 Å². The average molecular weight is 526 g/mol. The molecular formula is C37H37N2O+. The van der Waals surface area contributed by atoms with Gasteiger partial charge in [-0.1, -0.05) is 68.5 Å². The molecule has 7 rings (SSSR count). The Labute approximate surface area is 237 Å². The molecule has 0 bridgehead atoms. The van der Waals surface area contributed by atoms with E-state index in [0.717, 1.165) is 50.6 Å². The van der Waals surface area contributed by atoms with E-state index in [1.54, 1.807) is 0 Å². The van der Waals surface area contributed by atoms with Crippen LogP contribution in [0.4, 0.5) is 0 Å². The lowest BCUT2D eigenvalue weighted by Crippen LogP contribution is -2.30. The second kappa shape index (κ2) is 10.3. The highest BCUT2D eigenvalue weighted by Crippen LogP contribution is 2.49. The van der Waals surface area contributed by atoms with E-state index in [1.807, 2.05) is 12.1 Å². The lowest BCUT2D eigenvalue weighted by molar-refractivity contribution is -0.660. The molecule has 0 radical (unpaired) electrons. The first kappa shape index (κ1) is 25.1. The molecule has 2 atom stereocenters. The van der Waals surface area contributed by atoms with Crippen molar-refractivity contribution in [1.82, 2.24) is 0 Å². The minimum Gasteiger partial charge on any atom is -0.454 e. The van der Waals surface area contributed by atoms with Gasteiger partial charge >= 0.3 is 0 Å². The second-order valence-electron chi connectivity index (χ2n) is 12.2. The van der Waals surface area contributed by atoms with Crippen LogP contribution < -0.4 is 4.57 Å². The SMILES string of the molecule is Cc1ccc2c(oc3c(-c4ccccc4C4CCC(C5CCCCC5)C4)c(C#N)ccc32)c1-c1cccc[n+]1C. The third kappa shape index (κ3) is 4.13. The highest BCUT2D eigenvalue weighted by Gasteiger charge is 2.34. The molecule has 40 heavy (non-hydrogen) atoms. The van der Waals surface area contributed by atoms with Gasteiger partial charge in [0, 0.05) is 28.5 Å². The van der Waals surface area contributed by atoms with Gasteiger partial charge in [-0.3, -0.25) is 0 Å². The lowest BCUT2D eigenvalue weighted by Gasteiger charge is -2.27. The Morgan fingerprint density at radius 2 is 1.52 bits per heavy atom. The van der Waals surface area contributed by atoms with Gasteiger partial charge in [0.25, 0.3) is 0 Å². The molecule has 5 aromatic rings. The van der Waals surface area contributed by atoms with Gasteiger partial charge in [-0.25, -0.2) is 4.57 Å². The molecule has 2 fully saturated rings. The molecule has 0 aliphatic heterocycles. The number of rotatable bonds is 4. The van der Waals surface area contributed by atoms with Crippen molar-refractivity contribution in [2.45, 2.75) is 64.2 Å². The second-order valence-corrected chi connectivity index (χ2v) is 12.2. The van der Waals surface area contributed by atoms with Gasteiger partial charge in [0.15, 0.2) is 6.20 Å². The summed E-state index contributed by atoms with van der Waals surface area (Å²) in [7, 11) is 2.08. The summed E-state index contributed by atoms with van der Waals surface area (Å²) >= 11 is 0. The molecule has 3 nitrogen and oxygen atoms in total. The van der Waals surface area contributed by atoms with Gasteiger partial charge in [0.2, 0.25) is 5.69 Å². The number of nitriles is 1. The molecule has 2 aliphatic rings. The standard InChI is InChI=1S/C37H37N2O/c1-24-15-19-31-32-20-18-28(23-38)35(37(32)40-36(31)34(24)33-14-8-9-21-39(33)2)30-13-7-6-12-29(30)27-17-16-26(22-27)25-10-4-3-5-11-25/h6-9,12-15,18-21,25-27H,3-5,10-11,16-17,22H2,1-2H3/q+1. The van der Waals surface area contributed by atoms with E-state index in [2.05, 4.69) is 85.4 Å². The number of benzene rings is 3. The van der Waals surface area contributed by atoms with Crippen LogP contribution in [0.15, 0.2) is 77.3 Å². The van der Waals surface area contributed by atoms with E-state index in [9.17, 15) is 5.26 Å². The van der Waals surface area contributed by atoms with Crippen LogP contribution in [-0.4, -0.2) is 0 Å². The van der Waals surface area contributed by atoms with Crippen molar-refractivity contribution in [2.24, 2.45) is 18.9 Å². The Morgan fingerprint density at radius 1 is 0.775 bits per heavy atom. The minimum absolute atomic E-state index is 0.537. The van der Waals surface area contributed by atoms with E-state index < -0.39 is 0 Å². The number of pyridine rings is 1. The maximum atomic E-state index is 10.3. The van der Waals surface area contributed by atoms with E-state index in [-0.39, 0.29) is 0 Å². The molecule has 2 saturated carbocycles. The summed E-state index contributed by atoms with van der Waals surface area (Å²) < 4.78 is 9.02. The summed E-state index contributed by atoms with van der Waals surface area (Å²) in [6.07, 6.45) is 13.0. The first-order chi connectivity index (χ1) is 19.6. The highest BCUT2D eigenvalue weighted by molar-refractivity contribution is 6.14. The number of fused-ring (bicyclic) bond motifs is 3. The number of nitrogens with zero attached hydrogens (tertiary/aromatic N) is 2. The number of hydrogen-bond donors (Lipinski definition) is 0. The molecule has 0 amide bonds. The zero-order chi connectivity index (χ0) is 27.2. The van der Waals surface area contributed by atoms with Crippen LogP contribution in [0.3, 0.4) is 0 Å². The van der Waals surface area contributed by atoms with Crippen LogP contribution >= 0.6 is 0 Å². The summed E-state index contributed by atoms with van der Waals surface area (Å²) in [6.45, 7) is 2.15. The number of aryl methyl sites for hydroxylation is 2. The predicted molar refractivity (Wildman–Crippen MR) is 162 cm³/mol. The third-order valence-electron chi connectivity index (χ3n) is 9.91. The molecule has 2 heterocycles. The van der Waals surface area contributed by atoms with Crippen molar-refractivity contribution in [3.05, 3.63) is 89.6 Å². The molecule has 0 N–H and O–H groups in total. The van der Waals surface area contributed by atoms with Crippen LogP contribution in [-0.2, 0) is 7.05 Å². The van der Waals surface area contributed by atoms with Gasteiger partial charge in [0.1, 0.15) is 18.2 Å². The Morgan fingerprint density at radius 3 is 2.33 bits per heavy atom. The van der Waals surface area contributed by atoms with Crippen molar-refractivity contribution in [3.63, 3.8) is 0 Å². The molecule has 3 heteroatoms. The molecule has 200 valence electrons. The van der Waals surface area contributed by atoms with Gasteiger partial charge < -0.3 is 4.42 Å². The molecule has 2 aromatic heterocycles. The molecular weight excluding hydrogens is 488 g/mol. The Balaban J connectivity index is 1.40. The van der Waals surface area contributed by atoms with Gasteiger partial charge in [-0.2, -0.15) is 5.26 Å². The van der Waals surface area contributed by atoms with Crippen molar-refractivity contribution in [1.29, 1.82) is 5.26 Å². The van der Waals surface area contributed by atoms with Crippen LogP contribution in [0.5, 0.6) is 0 Å². The maximum Gasteiger partial charge on any atom is 0.216 e. The molecule has 3 aromatic carbocycles. The maximum absolute atomic E-state index is 10.3. The summed E-state index contributed by atoms with van der Waals surface area (Å²) in [6, 6.07) is 26.0. The third-order valence-corrected chi connectivity index (χ3v) is 9.91. The quantitative estimate of drug-likeness (QED) is 0.219. The van der Waals surface area contributed by atoms with Crippen molar-refractivity contribution < 1.29 is 8.98 Å². The van der Waals surface area contributed by atoms with E-state index in [4.69, 9.17) is 4.42 Å². The number of furan rings is 1. The Hall–Kier alpha value is -3.90. The van der Waals surface area contributed by atoms with Crippen molar-refractivity contribution >= 4 is 21.9 Å². The fraction of sp³-hybridized carbons (Fsp3) is 0.351. The summed E-state index contributed by atoms with van der Waals surface area (Å²) in [4.78, 5) is 0. The zero-order valence-electron chi connectivity index (χ0n) is 23.6. The summed E-state index contributed by atoms with van der Waals surface area (Å²) in [5.41, 5.74) is 9.32. The largest absolute Gasteiger partial charge is 0.454 e. The van der Waals surface area contributed by atoms with Gasteiger partial charge in [-0.05, 0) is 78.8 Å². The van der Waals surface area contributed by atoms with Crippen molar-refractivity contribution in [3.8, 4) is 28.5 Å². The highest BCUT2D eigenvalue weighted by atomic mass is 16.3. The molecule has 2 unspecified atom stereocenters. The van der Waals surface area contributed by atoms with Crippen LogP contribution in [0.25, 0.3) is 44.3 Å². The Kier molecular flexibility index (Phi) is 6.43. The van der Waals surface area contributed by atoms with E-state index in [0.29, 0.717) is 11.5 Å². The predicted octanol–water partition coefficient (Wildman–Crippen LogP) is 9.39. The fourth-order valence-corrected chi connectivity index (χ4v) is 7.88. The normalized spacial score (nSPS) is 19.8. The molecule has 2 aliphatic carbocycles. The summed E-state index contributed by atoms with van der Waals surface area (Å²) in [5, 5.41) is 12.5. The fourth-order valence-electron chi connectivity index (χ4n) is 7.88. The Bertz CT molecular complexity index is 1770. The first-order valence-corrected chi connectivity index (χ1v) is 15.1. The molecule has 0 spiro atoms. The monoisotopic (exact) mass is 525 g/mol. The lowest BCUT2D eigenvalue weighted by atomic mass is 9.78. The van der Waals surface area contributed by atoms with Gasteiger partial charge in [-0.15, -0.1) is 0 Å². The van der Waals surface area contributed by atoms with E-state index in [1.165, 1.54) is 68.1 Å². The van der Waals surface area contributed by atoms with Crippen LogP contribution in [0, 0.1) is 30.1 Å². The minimum atomic E-state index is 0.537. The average Bonchev–Trinajstić information content (AvgIpc) is 3.63. The van der Waals surface area contributed by atoms with Crippen molar-refractivity contribution in [2.75, 3.05) is 0 Å².